The molecule has 0 aromatic heterocycles. The highest BCUT2D eigenvalue weighted by Gasteiger charge is 2.24. The standard InChI is InChI=1S/C36H23NS/c1-2-11-29-27(9-1)28-10-3-4-12-30(28)32-23-25(19-22-31(29)32)24-17-20-26(21-18-24)37-33-13-5-7-15-35(33)38-36-16-8-6-14-34(36)37/h1-23H. The van der Waals surface area contributed by atoms with Gasteiger partial charge in [-0.25, -0.2) is 0 Å². The van der Waals surface area contributed by atoms with Gasteiger partial charge in [-0.2, -0.15) is 0 Å². The van der Waals surface area contributed by atoms with Gasteiger partial charge in [-0.1, -0.05) is 109 Å². The van der Waals surface area contributed by atoms with E-state index in [9.17, 15) is 0 Å². The summed E-state index contributed by atoms with van der Waals surface area (Å²) in [5, 5.41) is 7.84. The molecule has 0 amide bonds. The van der Waals surface area contributed by atoms with E-state index >= 15 is 0 Å². The van der Waals surface area contributed by atoms with Crippen molar-refractivity contribution in [3.05, 3.63) is 140 Å². The maximum absolute atomic E-state index is 2.38. The molecule has 2 heteroatoms. The molecule has 7 aromatic carbocycles. The second-order valence-corrected chi connectivity index (χ2v) is 10.9. The Bertz CT molecular complexity index is 1920. The first-order valence-corrected chi connectivity index (χ1v) is 13.8. The highest BCUT2D eigenvalue weighted by Crippen LogP contribution is 2.51. The third-order valence-electron chi connectivity index (χ3n) is 7.64. The van der Waals surface area contributed by atoms with Gasteiger partial charge in [0.1, 0.15) is 0 Å². The Morgan fingerprint density at radius 3 is 1.39 bits per heavy atom. The van der Waals surface area contributed by atoms with E-state index in [2.05, 4.69) is 144 Å². The number of para-hydroxylation sites is 2. The van der Waals surface area contributed by atoms with Crippen LogP contribution in [0.5, 0.6) is 0 Å². The zero-order valence-corrected chi connectivity index (χ0v) is 21.5. The molecule has 0 aliphatic carbocycles. The van der Waals surface area contributed by atoms with Crippen molar-refractivity contribution >= 4 is 61.1 Å². The smallest absolute Gasteiger partial charge is 0.0601 e. The van der Waals surface area contributed by atoms with E-state index in [1.165, 1.54) is 70.3 Å². The van der Waals surface area contributed by atoms with Gasteiger partial charge in [0, 0.05) is 15.5 Å². The molecule has 7 aromatic rings. The predicted octanol–water partition coefficient (Wildman–Crippen LogP) is 10.7. The molecular weight excluding hydrogens is 478 g/mol. The number of hydrogen-bond donors (Lipinski definition) is 0. The summed E-state index contributed by atoms with van der Waals surface area (Å²) in [5.41, 5.74) is 6.09. The Morgan fingerprint density at radius 2 is 0.816 bits per heavy atom. The number of fused-ring (bicyclic) bond motifs is 8. The lowest BCUT2D eigenvalue weighted by molar-refractivity contribution is 1.17. The maximum Gasteiger partial charge on any atom is 0.0601 e. The second kappa shape index (κ2) is 8.51. The summed E-state index contributed by atoms with van der Waals surface area (Å²) < 4.78 is 0. The largest absolute Gasteiger partial charge is 0.308 e. The first-order chi connectivity index (χ1) is 18.8. The minimum atomic E-state index is 1.17. The molecule has 0 N–H and O–H groups in total. The predicted molar refractivity (Wildman–Crippen MR) is 163 cm³/mol. The number of anilines is 3. The third-order valence-corrected chi connectivity index (χ3v) is 8.77. The van der Waals surface area contributed by atoms with Gasteiger partial charge in [0.25, 0.3) is 0 Å². The molecule has 0 unspecified atom stereocenters. The van der Waals surface area contributed by atoms with Crippen molar-refractivity contribution in [2.75, 3.05) is 4.90 Å². The molecule has 0 saturated carbocycles. The van der Waals surface area contributed by atoms with Crippen LogP contribution < -0.4 is 4.90 Å². The Morgan fingerprint density at radius 1 is 0.368 bits per heavy atom. The number of hydrogen-bond acceptors (Lipinski definition) is 2. The summed E-state index contributed by atoms with van der Waals surface area (Å²) in [4.78, 5) is 4.94. The van der Waals surface area contributed by atoms with Crippen molar-refractivity contribution < 1.29 is 0 Å². The Kier molecular flexibility index (Phi) is 4.83. The zero-order chi connectivity index (χ0) is 25.1. The molecule has 38 heavy (non-hydrogen) atoms. The van der Waals surface area contributed by atoms with Gasteiger partial charge in [-0.15, -0.1) is 0 Å². The number of benzene rings is 7. The van der Waals surface area contributed by atoms with Crippen LogP contribution in [0.3, 0.4) is 0 Å². The van der Waals surface area contributed by atoms with Crippen LogP contribution in [0.25, 0.3) is 43.4 Å². The van der Waals surface area contributed by atoms with Crippen LogP contribution in [0.1, 0.15) is 0 Å². The first-order valence-electron chi connectivity index (χ1n) is 12.9. The quantitative estimate of drug-likeness (QED) is 0.217. The van der Waals surface area contributed by atoms with E-state index in [0.717, 1.165) is 0 Å². The minimum Gasteiger partial charge on any atom is -0.308 e. The highest BCUT2D eigenvalue weighted by atomic mass is 32.2. The van der Waals surface area contributed by atoms with Crippen molar-refractivity contribution in [2.45, 2.75) is 9.79 Å². The molecule has 1 aliphatic heterocycles. The lowest BCUT2D eigenvalue weighted by Gasteiger charge is -2.32. The summed E-state index contributed by atoms with van der Waals surface area (Å²) in [6.45, 7) is 0. The van der Waals surface area contributed by atoms with Gasteiger partial charge in [0.2, 0.25) is 0 Å². The lowest BCUT2D eigenvalue weighted by Crippen LogP contribution is -2.14. The minimum absolute atomic E-state index is 1.17. The van der Waals surface area contributed by atoms with Crippen LogP contribution in [0.15, 0.2) is 149 Å². The molecule has 0 spiro atoms. The Hall–Kier alpha value is -4.53. The molecule has 178 valence electrons. The van der Waals surface area contributed by atoms with Crippen molar-refractivity contribution in [2.24, 2.45) is 0 Å². The fourth-order valence-electron chi connectivity index (χ4n) is 5.87. The van der Waals surface area contributed by atoms with E-state index in [1.807, 2.05) is 11.8 Å². The van der Waals surface area contributed by atoms with Crippen LogP contribution in [0.4, 0.5) is 17.1 Å². The summed E-state index contributed by atoms with van der Waals surface area (Å²) in [7, 11) is 0. The fraction of sp³-hybridized carbons (Fsp3) is 0. The zero-order valence-electron chi connectivity index (χ0n) is 20.6. The summed E-state index contributed by atoms with van der Waals surface area (Å²) in [5.74, 6) is 0. The molecule has 8 rings (SSSR count). The first kappa shape index (κ1) is 21.5. The van der Waals surface area contributed by atoms with Crippen LogP contribution in [-0.2, 0) is 0 Å². The van der Waals surface area contributed by atoms with E-state index in [1.54, 1.807) is 0 Å². The fourth-order valence-corrected chi connectivity index (χ4v) is 6.93. The molecule has 0 bridgehead atoms. The van der Waals surface area contributed by atoms with Gasteiger partial charge < -0.3 is 4.90 Å². The van der Waals surface area contributed by atoms with Gasteiger partial charge in [-0.3, -0.25) is 0 Å². The Balaban J connectivity index is 1.26. The average molecular weight is 502 g/mol. The van der Waals surface area contributed by atoms with Crippen molar-refractivity contribution in [3.63, 3.8) is 0 Å². The Labute approximate surface area is 226 Å². The lowest BCUT2D eigenvalue weighted by atomic mass is 9.92. The van der Waals surface area contributed by atoms with Crippen LogP contribution >= 0.6 is 11.8 Å². The molecule has 0 saturated heterocycles. The van der Waals surface area contributed by atoms with Crippen LogP contribution in [0, 0.1) is 0 Å². The summed E-state index contributed by atoms with van der Waals surface area (Å²) in [6.07, 6.45) is 0. The van der Waals surface area contributed by atoms with Crippen LogP contribution in [-0.4, -0.2) is 0 Å². The normalized spacial score (nSPS) is 12.6. The van der Waals surface area contributed by atoms with Crippen molar-refractivity contribution in [3.8, 4) is 11.1 Å². The van der Waals surface area contributed by atoms with Gasteiger partial charge in [0.05, 0.1) is 11.4 Å². The van der Waals surface area contributed by atoms with Crippen molar-refractivity contribution in [1.82, 2.24) is 0 Å². The molecule has 1 aliphatic rings. The van der Waals surface area contributed by atoms with Gasteiger partial charge in [0.15, 0.2) is 0 Å². The van der Waals surface area contributed by atoms with E-state index < -0.39 is 0 Å². The highest BCUT2D eigenvalue weighted by molar-refractivity contribution is 7.99. The molecule has 0 fully saturated rings. The molecule has 0 atom stereocenters. The van der Waals surface area contributed by atoms with Crippen molar-refractivity contribution in [1.29, 1.82) is 0 Å². The van der Waals surface area contributed by atoms with Gasteiger partial charge in [-0.05, 0) is 85.9 Å². The SMILES string of the molecule is c1ccc2c(c1)Sc1ccccc1N2c1ccc(-c2ccc3c4ccccc4c4ccccc4c3c2)cc1. The monoisotopic (exact) mass is 501 g/mol. The molecule has 1 heterocycles. The summed E-state index contributed by atoms with van der Waals surface area (Å²) >= 11 is 1.84. The van der Waals surface area contributed by atoms with Crippen LogP contribution in [0.2, 0.25) is 0 Å². The second-order valence-electron chi connectivity index (χ2n) is 9.77. The molecule has 1 nitrogen and oxygen atoms in total. The molecule has 0 radical (unpaired) electrons. The average Bonchev–Trinajstić information content (AvgIpc) is 3.00. The molecular formula is C36H23NS. The topological polar surface area (TPSA) is 3.24 Å². The number of rotatable bonds is 2. The van der Waals surface area contributed by atoms with E-state index in [4.69, 9.17) is 0 Å². The third kappa shape index (κ3) is 3.27. The number of nitrogens with zero attached hydrogens (tertiary/aromatic N) is 1. The van der Waals surface area contributed by atoms with E-state index in [-0.39, 0.29) is 0 Å². The summed E-state index contributed by atoms with van der Waals surface area (Å²) in [6, 6.07) is 50.8. The van der Waals surface area contributed by atoms with E-state index in [0.29, 0.717) is 0 Å². The van der Waals surface area contributed by atoms with Gasteiger partial charge >= 0.3 is 0 Å². The maximum atomic E-state index is 2.38.